The first-order chi connectivity index (χ1) is 11.5. The molecule has 1 N–H and O–H groups in total. The molecule has 0 saturated heterocycles. The van der Waals surface area contributed by atoms with Gasteiger partial charge in [-0.3, -0.25) is 0 Å². The molecule has 0 unspecified atom stereocenters. The quantitative estimate of drug-likeness (QED) is 0.524. The Kier molecular flexibility index (Phi) is 6.79. The fourth-order valence-corrected chi connectivity index (χ4v) is 2.48. The van der Waals surface area contributed by atoms with Crippen LogP contribution < -0.4 is 9.47 Å². The third-order valence-corrected chi connectivity index (χ3v) is 3.64. The molecule has 0 atom stereocenters. The lowest BCUT2D eigenvalue weighted by Gasteiger charge is -2.11. The predicted octanol–water partition coefficient (Wildman–Crippen LogP) is 5.20. The molecule has 24 heavy (non-hydrogen) atoms. The molecule has 0 saturated carbocycles. The Balaban J connectivity index is 1.95. The fourth-order valence-electron chi connectivity index (χ4n) is 1.84. The zero-order valence-corrected chi connectivity index (χ0v) is 14.6. The van der Waals surface area contributed by atoms with E-state index in [1.807, 2.05) is 0 Å². The Labute approximate surface area is 154 Å². The molecule has 0 amide bonds. The van der Waals surface area contributed by atoms with Crippen molar-refractivity contribution in [2.24, 2.45) is 0 Å². The largest absolute Gasteiger partial charge is 0.489 e. The van der Waals surface area contributed by atoms with Gasteiger partial charge in [0.1, 0.15) is 24.7 Å². The normalized spacial score (nSPS) is 10.8. The van der Waals surface area contributed by atoms with E-state index in [9.17, 15) is 4.79 Å². The number of carboxylic acid groups (broad SMARTS) is 1. The molecule has 0 aliphatic rings. The molecule has 2 rings (SSSR count). The highest BCUT2D eigenvalue weighted by Gasteiger charge is 2.05. The van der Waals surface area contributed by atoms with Gasteiger partial charge in [-0.25, -0.2) is 4.79 Å². The van der Waals surface area contributed by atoms with Crippen molar-refractivity contribution in [3.63, 3.8) is 0 Å². The van der Waals surface area contributed by atoms with Crippen LogP contribution in [0.3, 0.4) is 0 Å². The van der Waals surface area contributed by atoms with Crippen molar-refractivity contribution in [3.8, 4) is 11.5 Å². The van der Waals surface area contributed by atoms with Crippen LogP contribution in [0.15, 0.2) is 42.5 Å². The number of hydrogen-bond acceptors (Lipinski definition) is 3. The topological polar surface area (TPSA) is 55.8 Å². The van der Waals surface area contributed by atoms with E-state index in [4.69, 9.17) is 49.4 Å². The van der Waals surface area contributed by atoms with Crippen LogP contribution >= 0.6 is 34.8 Å². The van der Waals surface area contributed by atoms with Gasteiger partial charge in [-0.05, 0) is 42.5 Å². The summed E-state index contributed by atoms with van der Waals surface area (Å²) in [6.07, 6.45) is 2.43. The van der Waals surface area contributed by atoms with E-state index in [0.717, 1.165) is 6.08 Å². The molecule has 0 spiro atoms. The minimum Gasteiger partial charge on any atom is -0.489 e. The average molecular weight is 388 g/mol. The van der Waals surface area contributed by atoms with E-state index < -0.39 is 5.97 Å². The van der Waals surface area contributed by atoms with Crippen LogP contribution in [0.5, 0.6) is 11.5 Å². The molecule has 0 fully saturated rings. The van der Waals surface area contributed by atoms with Gasteiger partial charge in [-0.15, -0.1) is 0 Å². The third kappa shape index (κ3) is 5.64. The van der Waals surface area contributed by atoms with Crippen molar-refractivity contribution < 1.29 is 19.4 Å². The van der Waals surface area contributed by atoms with Crippen LogP contribution in [0, 0.1) is 0 Å². The van der Waals surface area contributed by atoms with Crippen LogP contribution in [0.1, 0.15) is 5.56 Å². The molecule has 126 valence electrons. The maximum atomic E-state index is 10.6. The van der Waals surface area contributed by atoms with Gasteiger partial charge in [0.2, 0.25) is 0 Å². The molecule has 0 radical (unpaired) electrons. The van der Waals surface area contributed by atoms with E-state index >= 15 is 0 Å². The molecule has 0 aliphatic heterocycles. The number of hydrogen-bond donors (Lipinski definition) is 1. The fraction of sp³-hybridized carbons (Fsp3) is 0.118. The first kappa shape index (κ1) is 18.5. The Hall–Kier alpha value is -1.88. The molecular formula is C17H13Cl3O4. The average Bonchev–Trinajstić information content (AvgIpc) is 2.52. The van der Waals surface area contributed by atoms with Gasteiger partial charge >= 0.3 is 5.97 Å². The summed E-state index contributed by atoms with van der Waals surface area (Å²) in [5, 5.41) is 10.1. The first-order valence-corrected chi connectivity index (χ1v) is 8.00. The van der Waals surface area contributed by atoms with Gasteiger partial charge in [-0.2, -0.15) is 0 Å². The van der Waals surface area contributed by atoms with E-state index in [-0.39, 0.29) is 13.2 Å². The molecule has 0 aromatic heterocycles. The van der Waals surface area contributed by atoms with Gasteiger partial charge in [0.25, 0.3) is 0 Å². The summed E-state index contributed by atoms with van der Waals surface area (Å²) in [5.74, 6) is -0.0453. The predicted molar refractivity (Wildman–Crippen MR) is 95.6 cm³/mol. The Morgan fingerprint density at radius 1 is 0.958 bits per heavy atom. The Bertz CT molecular complexity index is 759. The first-order valence-electron chi connectivity index (χ1n) is 6.87. The third-order valence-electron chi connectivity index (χ3n) is 2.87. The monoisotopic (exact) mass is 386 g/mol. The molecule has 2 aromatic rings. The number of carbonyl (C=O) groups is 1. The second kappa shape index (κ2) is 8.83. The second-order valence-corrected chi connectivity index (χ2v) is 5.91. The van der Waals surface area contributed by atoms with Gasteiger partial charge < -0.3 is 14.6 Å². The maximum absolute atomic E-state index is 10.6. The van der Waals surface area contributed by atoms with E-state index in [1.54, 1.807) is 36.4 Å². The summed E-state index contributed by atoms with van der Waals surface area (Å²) in [6, 6.07) is 9.89. The van der Waals surface area contributed by atoms with Gasteiger partial charge in [0.15, 0.2) is 0 Å². The Morgan fingerprint density at radius 3 is 2.17 bits per heavy atom. The number of carboxylic acids is 1. The summed E-state index contributed by atoms with van der Waals surface area (Å²) in [4.78, 5) is 10.6. The van der Waals surface area contributed by atoms with Crippen LogP contribution in [0.2, 0.25) is 15.1 Å². The van der Waals surface area contributed by atoms with Gasteiger partial charge in [0.05, 0.1) is 5.02 Å². The summed E-state index contributed by atoms with van der Waals surface area (Å²) in [7, 11) is 0. The number of rotatable bonds is 7. The van der Waals surface area contributed by atoms with Gasteiger partial charge in [-0.1, -0.05) is 34.8 Å². The summed E-state index contributed by atoms with van der Waals surface area (Å²) < 4.78 is 11.1. The second-order valence-electron chi connectivity index (χ2n) is 4.63. The van der Waals surface area contributed by atoms with Gasteiger partial charge in [0, 0.05) is 21.7 Å². The molecular weight excluding hydrogens is 375 g/mol. The minimum absolute atomic E-state index is 0.245. The highest BCUT2D eigenvalue weighted by atomic mass is 35.5. The lowest BCUT2D eigenvalue weighted by atomic mass is 10.2. The maximum Gasteiger partial charge on any atom is 0.328 e. The minimum atomic E-state index is -1.05. The van der Waals surface area contributed by atoms with E-state index in [2.05, 4.69) is 0 Å². The van der Waals surface area contributed by atoms with Crippen molar-refractivity contribution in [1.29, 1.82) is 0 Å². The molecule has 0 aliphatic carbocycles. The number of aliphatic carboxylic acids is 1. The number of ether oxygens (including phenoxy) is 2. The molecule has 0 bridgehead atoms. The summed E-state index contributed by atoms with van der Waals surface area (Å²) >= 11 is 17.7. The molecule has 7 heteroatoms. The standard InChI is InChI=1S/C17H13Cl3O4/c18-12-2-4-15(11(9-12)1-6-17(21)22)23-7-8-24-16-5-3-13(19)10-14(16)20/h1-6,9-10H,7-8H2,(H,21,22). The van der Waals surface area contributed by atoms with Crippen molar-refractivity contribution in [2.75, 3.05) is 13.2 Å². The summed E-state index contributed by atoms with van der Waals surface area (Å²) in [6.45, 7) is 0.501. The summed E-state index contributed by atoms with van der Waals surface area (Å²) in [5.41, 5.74) is 0.564. The van der Waals surface area contributed by atoms with Crippen LogP contribution in [-0.4, -0.2) is 24.3 Å². The SMILES string of the molecule is O=C(O)C=Cc1cc(Cl)ccc1OCCOc1ccc(Cl)cc1Cl. The lowest BCUT2D eigenvalue weighted by molar-refractivity contribution is -0.131. The van der Waals surface area contributed by atoms with Crippen LogP contribution in [-0.2, 0) is 4.79 Å². The molecule has 0 heterocycles. The number of halogens is 3. The van der Waals surface area contributed by atoms with Crippen molar-refractivity contribution >= 4 is 46.8 Å². The smallest absolute Gasteiger partial charge is 0.328 e. The van der Waals surface area contributed by atoms with Crippen molar-refractivity contribution in [2.45, 2.75) is 0 Å². The zero-order chi connectivity index (χ0) is 17.5. The molecule has 2 aromatic carbocycles. The molecule has 4 nitrogen and oxygen atoms in total. The van der Waals surface area contributed by atoms with Crippen LogP contribution in [0.25, 0.3) is 6.08 Å². The van der Waals surface area contributed by atoms with E-state index in [1.165, 1.54) is 6.08 Å². The Morgan fingerprint density at radius 2 is 1.54 bits per heavy atom. The highest BCUT2D eigenvalue weighted by Crippen LogP contribution is 2.28. The van der Waals surface area contributed by atoms with Crippen molar-refractivity contribution in [1.82, 2.24) is 0 Å². The zero-order valence-electron chi connectivity index (χ0n) is 12.3. The van der Waals surface area contributed by atoms with Crippen molar-refractivity contribution in [3.05, 3.63) is 63.1 Å². The van der Waals surface area contributed by atoms with Crippen LogP contribution in [0.4, 0.5) is 0 Å². The lowest BCUT2D eigenvalue weighted by Crippen LogP contribution is -2.09. The van der Waals surface area contributed by atoms with E-state index in [0.29, 0.717) is 32.1 Å². The number of benzene rings is 2. The highest BCUT2D eigenvalue weighted by molar-refractivity contribution is 6.35.